The van der Waals surface area contributed by atoms with Gasteiger partial charge in [-0.25, -0.2) is 0 Å². The number of rotatable bonds is 8. The molecule has 10 heteroatoms. The Labute approximate surface area is 206 Å². The van der Waals surface area contributed by atoms with Crippen molar-refractivity contribution >= 4 is 55.7 Å². The Morgan fingerprint density at radius 3 is 1.06 bits per heavy atom. The molecule has 0 fully saturated rings. The minimum atomic E-state index is -4.58. The average Bonchev–Trinajstić information content (AvgIpc) is 2.90. The van der Waals surface area contributed by atoms with Gasteiger partial charge in [-0.3, -0.25) is 0 Å². The van der Waals surface area contributed by atoms with Crippen molar-refractivity contribution in [1.29, 1.82) is 0 Å². The maximum absolute atomic E-state index is 9.43. The molecule has 0 radical (unpaired) electrons. The molecule has 0 aliphatic carbocycles. The van der Waals surface area contributed by atoms with Gasteiger partial charge in [0.25, 0.3) is 0 Å². The van der Waals surface area contributed by atoms with Crippen LogP contribution in [-0.2, 0) is 11.8 Å². The average molecular weight is 562 g/mol. The van der Waals surface area contributed by atoms with Gasteiger partial charge in [0, 0.05) is 0 Å². The third kappa shape index (κ3) is 3.95. The first-order valence-electron chi connectivity index (χ1n) is 10.3. The number of nitrogens with zero attached hydrogens (tertiary/aromatic N) is 6. The molecule has 0 atom stereocenters. The summed E-state index contributed by atoms with van der Waals surface area (Å²) in [7, 11) is 1.41. The van der Waals surface area contributed by atoms with E-state index in [0.29, 0.717) is 0 Å². The molecule has 34 heavy (non-hydrogen) atoms. The van der Waals surface area contributed by atoms with Crippen LogP contribution in [0.3, 0.4) is 0 Å². The molecule has 0 unspecified atom stereocenters. The van der Waals surface area contributed by atoms with Gasteiger partial charge in [-0.15, -0.1) is 0 Å². The number of hydrogen-bond donors (Lipinski definition) is 0. The molecule has 4 rings (SSSR count). The van der Waals surface area contributed by atoms with Gasteiger partial charge in [0.05, 0.1) is 0 Å². The van der Waals surface area contributed by atoms with Crippen LogP contribution in [0.25, 0.3) is 20.9 Å². The van der Waals surface area contributed by atoms with Gasteiger partial charge < -0.3 is 0 Å². The van der Waals surface area contributed by atoms with E-state index in [9.17, 15) is 11.1 Å². The first kappa shape index (κ1) is 24.2. The van der Waals surface area contributed by atoms with Gasteiger partial charge in [-0.1, -0.05) is 0 Å². The fraction of sp³-hybridized carbons (Fsp3) is 0. The first-order chi connectivity index (χ1) is 16.6. The normalized spacial score (nSPS) is 13.8. The summed E-state index contributed by atoms with van der Waals surface area (Å²) in [5.74, 6) is 0. The second-order valence-corrected chi connectivity index (χ2v) is 28.6. The van der Waals surface area contributed by atoms with Crippen molar-refractivity contribution in [3.8, 4) is 0 Å². The second kappa shape index (κ2) is 10.1. The summed E-state index contributed by atoms with van der Waals surface area (Å²) in [6.07, 6.45) is 0. The van der Waals surface area contributed by atoms with Crippen molar-refractivity contribution in [2.75, 3.05) is 0 Å². The molecule has 0 aliphatic rings. The molecule has 4 aromatic rings. The maximum atomic E-state index is 9.43. The van der Waals surface area contributed by atoms with E-state index in [-0.39, 0.29) is 0 Å². The van der Waals surface area contributed by atoms with E-state index in [1.807, 2.05) is 72.8 Å². The van der Waals surface area contributed by atoms with Gasteiger partial charge in [0.15, 0.2) is 0 Å². The van der Waals surface area contributed by atoms with Gasteiger partial charge in [-0.2, -0.15) is 0 Å². The SMILES string of the molecule is [N-]=[N+]=NP(=S)(N=[N+]=[N-])S[As](c1ccccc1)(c1ccccc1)(c1ccccc1)c1ccccc1. The first-order valence-corrected chi connectivity index (χ1v) is 20.4. The van der Waals surface area contributed by atoms with E-state index < -0.39 is 16.8 Å². The molecule has 0 aromatic heterocycles. The number of hydrogen-bond acceptors (Lipinski definition) is 2. The molecule has 168 valence electrons. The Balaban J connectivity index is 2.35. The van der Waals surface area contributed by atoms with E-state index in [2.05, 4.69) is 68.1 Å². The zero-order valence-electron chi connectivity index (χ0n) is 17.9. The van der Waals surface area contributed by atoms with E-state index in [0.717, 1.165) is 17.4 Å². The molecule has 0 spiro atoms. The van der Waals surface area contributed by atoms with E-state index >= 15 is 0 Å². The minimum absolute atomic E-state index is 1.07. The van der Waals surface area contributed by atoms with Crippen LogP contribution in [0.15, 0.2) is 131 Å². The topological polar surface area (TPSA) is 97.5 Å². The predicted molar refractivity (Wildman–Crippen MR) is 150 cm³/mol. The fourth-order valence-corrected chi connectivity index (χ4v) is 43.5. The monoisotopic (exact) mass is 562 g/mol. The van der Waals surface area contributed by atoms with E-state index in [1.165, 1.54) is 9.64 Å². The van der Waals surface area contributed by atoms with E-state index in [1.54, 1.807) is 0 Å². The molecule has 0 bridgehead atoms. The summed E-state index contributed by atoms with van der Waals surface area (Å²) in [5, 5.41) is 0. The summed E-state index contributed by atoms with van der Waals surface area (Å²) in [6.45, 7) is 0. The zero-order valence-corrected chi connectivity index (χ0v) is 22.3. The van der Waals surface area contributed by atoms with Gasteiger partial charge in [0.1, 0.15) is 0 Å². The quantitative estimate of drug-likeness (QED) is 0.0854. The standard InChI is InChI=1S/C24H20AsN6PS2/c26-28-30-32(33,31-29-27)34-25(21-13-5-1-6-14-21,22-15-7-2-8-16-22,23-17-9-3-10-18-23)24-19-11-4-12-20-24/h1-20H. The molecule has 0 saturated carbocycles. The Bertz CT molecular complexity index is 1230. The van der Waals surface area contributed by atoms with Crippen molar-refractivity contribution in [3.05, 3.63) is 142 Å². The molecule has 0 saturated heterocycles. The Morgan fingerprint density at radius 1 is 0.559 bits per heavy atom. The molecule has 0 aliphatic heterocycles. The third-order valence-electron chi connectivity index (χ3n) is 5.57. The fourth-order valence-electron chi connectivity index (χ4n) is 4.30. The molecule has 0 N–H and O–H groups in total. The third-order valence-corrected chi connectivity index (χ3v) is 37.7. The molecular formula is C24H20AsN6PS2. The molecule has 4 aromatic carbocycles. The zero-order chi connectivity index (χ0) is 23.9. The molecular weight excluding hydrogens is 542 g/mol. The summed E-state index contributed by atoms with van der Waals surface area (Å²) in [5.41, 5.74) is 15.5. The summed E-state index contributed by atoms with van der Waals surface area (Å²) in [4.78, 5) is 14.0. The van der Waals surface area contributed by atoms with Crippen LogP contribution in [0.1, 0.15) is 0 Å². The van der Waals surface area contributed by atoms with Crippen molar-refractivity contribution < 1.29 is 0 Å². The van der Waals surface area contributed by atoms with Crippen LogP contribution in [0.5, 0.6) is 0 Å². The summed E-state index contributed by atoms with van der Waals surface area (Å²) >= 11 is 1.31. The Kier molecular flexibility index (Phi) is 7.21. The molecule has 0 heterocycles. The van der Waals surface area contributed by atoms with Crippen LogP contribution in [0.4, 0.5) is 0 Å². The van der Waals surface area contributed by atoms with Gasteiger partial charge >= 0.3 is 208 Å². The molecule has 0 amide bonds. The van der Waals surface area contributed by atoms with Crippen LogP contribution in [0.2, 0.25) is 0 Å². The van der Waals surface area contributed by atoms with Crippen molar-refractivity contribution in [1.82, 2.24) is 0 Å². The van der Waals surface area contributed by atoms with Crippen molar-refractivity contribution in [3.63, 3.8) is 0 Å². The van der Waals surface area contributed by atoms with Crippen molar-refractivity contribution in [2.45, 2.75) is 0 Å². The van der Waals surface area contributed by atoms with Crippen LogP contribution in [0, 0.1) is 0 Å². The Hall–Kier alpha value is -2.94. The summed E-state index contributed by atoms with van der Waals surface area (Å²) in [6, 6.07) is 40.9. The number of azide groups is 1. The predicted octanol–water partition coefficient (Wildman–Crippen LogP) is 6.09. The van der Waals surface area contributed by atoms with Crippen LogP contribution >= 0.6 is 15.2 Å². The van der Waals surface area contributed by atoms with Gasteiger partial charge in [0.2, 0.25) is 0 Å². The van der Waals surface area contributed by atoms with Gasteiger partial charge in [-0.05, 0) is 0 Å². The van der Waals surface area contributed by atoms with E-state index in [4.69, 9.17) is 11.8 Å². The van der Waals surface area contributed by atoms with Crippen molar-refractivity contribution in [2.24, 2.45) is 9.77 Å². The number of benzene rings is 4. The Morgan fingerprint density at radius 2 is 0.824 bits per heavy atom. The van der Waals surface area contributed by atoms with Crippen LogP contribution < -0.4 is 17.4 Å². The molecule has 6 nitrogen and oxygen atoms in total. The summed E-state index contributed by atoms with van der Waals surface area (Å²) < 4.78 is 4.30. The second-order valence-electron chi connectivity index (χ2n) is 7.31. The van der Waals surface area contributed by atoms with Crippen LogP contribution in [-0.4, -0.2) is 11.3 Å².